The van der Waals surface area contributed by atoms with Gasteiger partial charge in [0.15, 0.2) is 0 Å². The van der Waals surface area contributed by atoms with E-state index in [0.717, 1.165) is 16.6 Å². The van der Waals surface area contributed by atoms with Gasteiger partial charge in [0.1, 0.15) is 4.90 Å². The van der Waals surface area contributed by atoms with Gasteiger partial charge in [-0.25, -0.2) is 8.42 Å². The van der Waals surface area contributed by atoms with Crippen LogP contribution in [0.2, 0.25) is 0 Å². The number of benzene rings is 1. The van der Waals surface area contributed by atoms with Crippen molar-refractivity contribution in [2.75, 3.05) is 6.54 Å². The van der Waals surface area contributed by atoms with Gasteiger partial charge in [0, 0.05) is 36.6 Å². The minimum absolute atomic E-state index is 0.195. The summed E-state index contributed by atoms with van der Waals surface area (Å²) in [5.74, 6) is 0. The summed E-state index contributed by atoms with van der Waals surface area (Å²) in [5, 5.41) is 0.851. The maximum absolute atomic E-state index is 13.3. The Hall–Kier alpha value is -2.18. The number of hydrogen-bond acceptors (Lipinski definition) is 3. The van der Waals surface area contributed by atoms with Crippen molar-refractivity contribution in [2.45, 2.75) is 31.3 Å². The third-order valence-electron chi connectivity index (χ3n) is 4.68. The fourth-order valence-corrected chi connectivity index (χ4v) is 5.23. The smallest absolute Gasteiger partial charge is 0.245 e. The van der Waals surface area contributed by atoms with E-state index in [9.17, 15) is 8.42 Å². The van der Waals surface area contributed by atoms with E-state index in [1.54, 1.807) is 22.6 Å². The van der Waals surface area contributed by atoms with Crippen molar-refractivity contribution in [3.63, 3.8) is 0 Å². The minimum atomic E-state index is -3.61. The van der Waals surface area contributed by atoms with E-state index in [2.05, 4.69) is 9.55 Å². The van der Waals surface area contributed by atoms with Crippen molar-refractivity contribution in [3.8, 4) is 0 Å². The lowest BCUT2D eigenvalue weighted by Crippen LogP contribution is -2.40. The molecule has 0 saturated carbocycles. The van der Waals surface area contributed by atoms with E-state index in [0.29, 0.717) is 18.6 Å². The van der Waals surface area contributed by atoms with Gasteiger partial charge in [-0.05, 0) is 43.7 Å². The summed E-state index contributed by atoms with van der Waals surface area (Å²) >= 11 is 0. The standard InChI is InChI=1S/C18H19N3O2S/c1-13-11-15-5-3-7-17(18(15)19-12-13)24(22,23)21-10-9-20-8-4-6-16(20)14(21)2/h3-8,11-12,14H,9-10H2,1-2H3/t14-/m0/s1. The second-order valence-corrected chi connectivity index (χ2v) is 8.12. The molecule has 1 atom stereocenters. The van der Waals surface area contributed by atoms with Crippen molar-refractivity contribution in [1.82, 2.24) is 13.9 Å². The number of aromatic nitrogens is 2. The van der Waals surface area contributed by atoms with Crippen LogP contribution in [-0.4, -0.2) is 28.8 Å². The number of para-hydroxylation sites is 1. The maximum atomic E-state index is 13.3. The number of hydrogen-bond donors (Lipinski definition) is 0. The number of pyridine rings is 1. The summed E-state index contributed by atoms with van der Waals surface area (Å²) in [6.07, 6.45) is 3.71. The fourth-order valence-electron chi connectivity index (χ4n) is 3.46. The molecule has 0 unspecified atom stereocenters. The molecule has 0 radical (unpaired) electrons. The van der Waals surface area contributed by atoms with Gasteiger partial charge in [0.2, 0.25) is 10.0 Å². The van der Waals surface area contributed by atoms with Crippen molar-refractivity contribution in [1.29, 1.82) is 0 Å². The summed E-state index contributed by atoms with van der Waals surface area (Å²) in [6.45, 7) is 5.02. The van der Waals surface area contributed by atoms with Crippen LogP contribution in [0.1, 0.15) is 24.2 Å². The first-order valence-corrected chi connectivity index (χ1v) is 9.45. The van der Waals surface area contributed by atoms with E-state index >= 15 is 0 Å². The Morgan fingerprint density at radius 2 is 2.00 bits per heavy atom. The molecular weight excluding hydrogens is 322 g/mol. The molecule has 0 amide bonds. The molecule has 0 N–H and O–H groups in total. The summed E-state index contributed by atoms with van der Waals surface area (Å²) in [4.78, 5) is 4.67. The van der Waals surface area contributed by atoms with Gasteiger partial charge < -0.3 is 4.57 Å². The van der Waals surface area contributed by atoms with E-state index in [1.165, 1.54) is 0 Å². The molecule has 2 aromatic heterocycles. The van der Waals surface area contributed by atoms with Crippen molar-refractivity contribution in [2.24, 2.45) is 0 Å². The van der Waals surface area contributed by atoms with Crippen molar-refractivity contribution in [3.05, 3.63) is 60.0 Å². The molecule has 0 spiro atoms. The van der Waals surface area contributed by atoms with Gasteiger partial charge in [-0.1, -0.05) is 12.1 Å². The highest BCUT2D eigenvalue weighted by atomic mass is 32.2. The average Bonchev–Trinajstić information content (AvgIpc) is 3.03. The molecule has 4 rings (SSSR count). The fraction of sp³-hybridized carbons (Fsp3) is 0.278. The predicted octanol–water partition coefficient (Wildman–Crippen LogP) is 3.11. The minimum Gasteiger partial charge on any atom is -0.349 e. The van der Waals surface area contributed by atoms with E-state index < -0.39 is 10.0 Å². The Bertz CT molecular complexity index is 1020. The first kappa shape index (κ1) is 15.4. The molecule has 5 nitrogen and oxygen atoms in total. The quantitative estimate of drug-likeness (QED) is 0.720. The van der Waals surface area contributed by atoms with Gasteiger partial charge in [-0.3, -0.25) is 4.98 Å². The molecule has 1 aliphatic rings. The van der Waals surface area contributed by atoms with Gasteiger partial charge in [0.25, 0.3) is 0 Å². The van der Waals surface area contributed by atoms with Gasteiger partial charge >= 0.3 is 0 Å². The topological polar surface area (TPSA) is 55.2 Å². The van der Waals surface area contributed by atoms with Crippen LogP contribution in [0.3, 0.4) is 0 Å². The first-order chi connectivity index (χ1) is 11.5. The molecule has 3 aromatic rings. The zero-order chi connectivity index (χ0) is 16.9. The highest BCUT2D eigenvalue weighted by molar-refractivity contribution is 7.89. The molecule has 1 aliphatic heterocycles. The number of sulfonamides is 1. The normalized spacial score (nSPS) is 18.7. The lowest BCUT2D eigenvalue weighted by molar-refractivity contribution is 0.282. The third-order valence-corrected chi connectivity index (χ3v) is 6.68. The van der Waals surface area contributed by atoms with Crippen LogP contribution in [0.4, 0.5) is 0 Å². The van der Waals surface area contributed by atoms with Crippen LogP contribution in [-0.2, 0) is 16.6 Å². The highest BCUT2D eigenvalue weighted by Gasteiger charge is 2.35. The third kappa shape index (κ3) is 2.25. The van der Waals surface area contributed by atoms with E-state index in [4.69, 9.17) is 0 Å². The summed E-state index contributed by atoms with van der Waals surface area (Å²) in [5.41, 5.74) is 2.58. The van der Waals surface area contributed by atoms with Crippen LogP contribution < -0.4 is 0 Å². The molecule has 1 aromatic carbocycles. The van der Waals surface area contributed by atoms with Gasteiger partial charge in [-0.2, -0.15) is 4.31 Å². The monoisotopic (exact) mass is 341 g/mol. The molecule has 0 aliphatic carbocycles. The Kier molecular flexibility index (Phi) is 3.47. The van der Waals surface area contributed by atoms with Crippen LogP contribution in [0.25, 0.3) is 10.9 Å². The van der Waals surface area contributed by atoms with Crippen LogP contribution in [0.15, 0.2) is 53.7 Å². The van der Waals surface area contributed by atoms with Crippen LogP contribution in [0, 0.1) is 6.92 Å². The lowest BCUT2D eigenvalue weighted by atomic mass is 10.2. The zero-order valence-electron chi connectivity index (χ0n) is 13.7. The number of nitrogens with zero attached hydrogens (tertiary/aromatic N) is 3. The first-order valence-electron chi connectivity index (χ1n) is 8.01. The Labute approximate surface area is 141 Å². The lowest BCUT2D eigenvalue weighted by Gasteiger charge is -2.34. The summed E-state index contributed by atoms with van der Waals surface area (Å²) < 4.78 is 30.3. The molecule has 6 heteroatoms. The summed E-state index contributed by atoms with van der Waals surface area (Å²) in [7, 11) is -3.61. The van der Waals surface area contributed by atoms with Crippen molar-refractivity contribution >= 4 is 20.9 Å². The Morgan fingerprint density at radius 1 is 1.17 bits per heavy atom. The summed E-state index contributed by atoms with van der Waals surface area (Å²) in [6, 6.07) is 11.1. The second-order valence-electron chi connectivity index (χ2n) is 6.26. The molecule has 3 heterocycles. The molecule has 0 bridgehead atoms. The zero-order valence-corrected chi connectivity index (χ0v) is 14.5. The van der Waals surface area contributed by atoms with Gasteiger partial charge in [-0.15, -0.1) is 0 Å². The number of fused-ring (bicyclic) bond motifs is 2. The molecule has 0 fully saturated rings. The van der Waals surface area contributed by atoms with E-state index in [1.807, 2.05) is 44.3 Å². The van der Waals surface area contributed by atoms with E-state index in [-0.39, 0.29) is 10.9 Å². The van der Waals surface area contributed by atoms with Crippen LogP contribution >= 0.6 is 0 Å². The Morgan fingerprint density at radius 3 is 2.83 bits per heavy atom. The van der Waals surface area contributed by atoms with Crippen LogP contribution in [0.5, 0.6) is 0 Å². The van der Waals surface area contributed by atoms with Gasteiger partial charge in [0.05, 0.1) is 11.6 Å². The highest BCUT2D eigenvalue weighted by Crippen LogP contribution is 2.33. The molecular formula is C18H19N3O2S. The molecule has 124 valence electrons. The SMILES string of the molecule is Cc1cnc2c(S(=O)(=O)N3CCn4cccc4[C@@H]3C)cccc2c1. The second kappa shape index (κ2) is 5.43. The number of aryl methyl sites for hydroxylation is 1. The largest absolute Gasteiger partial charge is 0.349 e. The maximum Gasteiger partial charge on any atom is 0.245 e. The number of rotatable bonds is 2. The average molecular weight is 341 g/mol. The predicted molar refractivity (Wildman–Crippen MR) is 93.2 cm³/mol. The molecule has 24 heavy (non-hydrogen) atoms. The molecule has 0 saturated heterocycles. The van der Waals surface area contributed by atoms with Crippen molar-refractivity contribution < 1.29 is 8.42 Å². The Balaban J connectivity index is 1.85.